The summed E-state index contributed by atoms with van der Waals surface area (Å²) in [5.74, 6) is 0. The quantitative estimate of drug-likeness (QED) is 0.713. The van der Waals surface area contributed by atoms with Gasteiger partial charge in [-0.2, -0.15) is 13.2 Å². The first kappa shape index (κ1) is 14.9. The molecule has 0 N–H and O–H groups in total. The van der Waals surface area contributed by atoms with Crippen LogP contribution in [0.2, 0.25) is 5.02 Å². The van der Waals surface area contributed by atoms with Gasteiger partial charge in [-0.3, -0.25) is 4.79 Å². The first-order valence-corrected chi connectivity index (χ1v) is 6.69. The summed E-state index contributed by atoms with van der Waals surface area (Å²) in [5.41, 5.74) is -0.349. The molecule has 0 heterocycles. The van der Waals surface area contributed by atoms with Crippen LogP contribution in [-0.4, -0.2) is 6.29 Å². The highest BCUT2D eigenvalue weighted by atomic mass is 35.5. The van der Waals surface area contributed by atoms with Crippen LogP contribution in [0.15, 0.2) is 52.3 Å². The van der Waals surface area contributed by atoms with Crippen LogP contribution in [-0.2, 0) is 6.18 Å². The third kappa shape index (κ3) is 3.55. The van der Waals surface area contributed by atoms with Gasteiger partial charge in [0.2, 0.25) is 0 Å². The molecule has 0 fully saturated rings. The van der Waals surface area contributed by atoms with Crippen molar-refractivity contribution in [1.29, 1.82) is 0 Å². The van der Waals surface area contributed by atoms with E-state index in [1.54, 1.807) is 18.2 Å². The summed E-state index contributed by atoms with van der Waals surface area (Å²) in [5, 5.41) is 0.275. The maximum atomic E-state index is 12.6. The number of rotatable bonds is 3. The lowest BCUT2D eigenvalue weighted by Gasteiger charge is -2.08. The third-order valence-electron chi connectivity index (χ3n) is 2.50. The molecule has 0 unspecified atom stereocenters. The number of hydrogen-bond donors (Lipinski definition) is 0. The molecule has 1 nitrogen and oxygen atoms in total. The number of hydrogen-bond acceptors (Lipinski definition) is 2. The molecule has 2 aromatic rings. The molecule has 0 radical (unpaired) electrons. The molecule has 0 saturated carbocycles. The van der Waals surface area contributed by atoms with Crippen molar-refractivity contribution in [2.75, 3.05) is 0 Å². The molecule has 0 bridgehead atoms. The fraction of sp³-hybridized carbons (Fsp3) is 0.0714. The second kappa shape index (κ2) is 5.89. The molecule has 0 aromatic heterocycles. The van der Waals surface area contributed by atoms with Crippen molar-refractivity contribution < 1.29 is 18.0 Å². The molecule has 0 amide bonds. The second-order valence-corrected chi connectivity index (χ2v) is 5.48. The molecule has 0 aliphatic carbocycles. The Balaban J connectivity index is 2.26. The molecule has 0 atom stereocenters. The van der Waals surface area contributed by atoms with Gasteiger partial charge < -0.3 is 0 Å². The summed E-state index contributed by atoms with van der Waals surface area (Å²) in [7, 11) is 0. The van der Waals surface area contributed by atoms with Crippen molar-refractivity contribution >= 4 is 29.6 Å². The van der Waals surface area contributed by atoms with Gasteiger partial charge in [0, 0.05) is 15.4 Å². The van der Waals surface area contributed by atoms with Crippen molar-refractivity contribution in [2.24, 2.45) is 0 Å². The monoisotopic (exact) mass is 316 g/mol. The van der Waals surface area contributed by atoms with Gasteiger partial charge in [0.15, 0.2) is 6.29 Å². The van der Waals surface area contributed by atoms with Crippen LogP contribution >= 0.6 is 23.4 Å². The summed E-state index contributed by atoms with van der Waals surface area (Å²) in [6.45, 7) is 0. The average Bonchev–Trinajstić information content (AvgIpc) is 2.38. The maximum Gasteiger partial charge on any atom is 0.416 e. The predicted octanol–water partition coefficient (Wildman–Crippen LogP) is 5.32. The molecular formula is C14H8ClF3OS. The minimum absolute atomic E-state index is 0.275. The smallest absolute Gasteiger partial charge is 0.298 e. The third-order valence-corrected chi connectivity index (χ3v) is 3.80. The summed E-state index contributed by atoms with van der Waals surface area (Å²) < 4.78 is 37.8. The van der Waals surface area contributed by atoms with Crippen LogP contribution in [0.1, 0.15) is 15.9 Å². The minimum Gasteiger partial charge on any atom is -0.298 e. The van der Waals surface area contributed by atoms with E-state index in [4.69, 9.17) is 11.6 Å². The normalized spacial score (nSPS) is 11.4. The maximum absolute atomic E-state index is 12.6. The van der Waals surface area contributed by atoms with E-state index in [1.165, 1.54) is 12.1 Å². The molecule has 0 aliphatic heterocycles. The highest BCUT2D eigenvalue weighted by molar-refractivity contribution is 7.99. The molecule has 6 heteroatoms. The van der Waals surface area contributed by atoms with Gasteiger partial charge in [0.05, 0.1) is 10.6 Å². The van der Waals surface area contributed by atoms with Crippen molar-refractivity contribution in [3.63, 3.8) is 0 Å². The summed E-state index contributed by atoms with van der Waals surface area (Å²) in [6.07, 6.45) is -3.74. The van der Waals surface area contributed by atoms with Crippen LogP contribution in [0.4, 0.5) is 13.2 Å². The SMILES string of the molecule is O=Cc1ccc(Sc2cccc(C(F)(F)F)c2)cc1Cl. The minimum atomic E-state index is -4.37. The Morgan fingerprint density at radius 1 is 1.05 bits per heavy atom. The average molecular weight is 317 g/mol. The van der Waals surface area contributed by atoms with E-state index >= 15 is 0 Å². The Morgan fingerprint density at radius 3 is 2.35 bits per heavy atom. The number of carbonyl (C=O) groups is 1. The number of alkyl halides is 3. The highest BCUT2D eigenvalue weighted by Crippen LogP contribution is 2.35. The first-order chi connectivity index (χ1) is 9.40. The topological polar surface area (TPSA) is 17.1 Å². The molecule has 2 rings (SSSR count). The lowest BCUT2D eigenvalue weighted by atomic mass is 10.2. The molecule has 0 saturated heterocycles. The number of aldehydes is 1. The van der Waals surface area contributed by atoms with Crippen molar-refractivity contribution in [3.05, 3.63) is 58.6 Å². The van der Waals surface area contributed by atoms with Crippen molar-refractivity contribution in [3.8, 4) is 0 Å². The van der Waals surface area contributed by atoms with Crippen molar-refractivity contribution in [1.82, 2.24) is 0 Å². The summed E-state index contributed by atoms with van der Waals surface area (Å²) in [6, 6.07) is 9.76. The van der Waals surface area contributed by atoms with Gasteiger partial charge in [0.25, 0.3) is 0 Å². The summed E-state index contributed by atoms with van der Waals surface area (Å²) >= 11 is 7.03. The number of benzene rings is 2. The van der Waals surface area contributed by atoms with Gasteiger partial charge in [0.1, 0.15) is 0 Å². The Hall–Kier alpha value is -1.46. The van der Waals surface area contributed by atoms with Crippen molar-refractivity contribution in [2.45, 2.75) is 16.0 Å². The number of carbonyl (C=O) groups excluding carboxylic acids is 1. The lowest BCUT2D eigenvalue weighted by molar-refractivity contribution is -0.137. The van der Waals surface area contributed by atoms with E-state index in [-0.39, 0.29) is 5.02 Å². The molecule has 104 valence electrons. The van der Waals surface area contributed by atoms with Gasteiger partial charge in [-0.15, -0.1) is 0 Å². The fourth-order valence-electron chi connectivity index (χ4n) is 1.54. The van der Waals surface area contributed by atoms with E-state index in [2.05, 4.69) is 0 Å². The Bertz CT molecular complexity index is 641. The largest absolute Gasteiger partial charge is 0.416 e. The number of halogens is 4. The van der Waals surface area contributed by atoms with Crippen LogP contribution in [0.5, 0.6) is 0 Å². The van der Waals surface area contributed by atoms with Gasteiger partial charge in [-0.05, 0) is 36.4 Å². The zero-order chi connectivity index (χ0) is 14.8. The van der Waals surface area contributed by atoms with Crippen LogP contribution in [0, 0.1) is 0 Å². The molecule has 0 spiro atoms. The molecule has 2 aromatic carbocycles. The molecule has 20 heavy (non-hydrogen) atoms. The standard InChI is InChI=1S/C14H8ClF3OS/c15-13-7-12(5-4-9(13)8-19)20-11-3-1-2-10(6-11)14(16,17)18/h1-8H. The fourth-order valence-corrected chi connectivity index (χ4v) is 2.75. The van der Waals surface area contributed by atoms with Crippen LogP contribution in [0.25, 0.3) is 0 Å². The van der Waals surface area contributed by atoms with Gasteiger partial charge >= 0.3 is 6.18 Å². The van der Waals surface area contributed by atoms with Crippen LogP contribution in [0.3, 0.4) is 0 Å². The zero-order valence-electron chi connectivity index (χ0n) is 9.95. The Morgan fingerprint density at radius 2 is 1.75 bits per heavy atom. The van der Waals surface area contributed by atoms with E-state index in [0.29, 0.717) is 21.6 Å². The zero-order valence-corrected chi connectivity index (χ0v) is 11.5. The van der Waals surface area contributed by atoms with E-state index < -0.39 is 11.7 Å². The molecule has 0 aliphatic rings. The van der Waals surface area contributed by atoms with Crippen LogP contribution < -0.4 is 0 Å². The Kier molecular flexibility index (Phi) is 4.40. The van der Waals surface area contributed by atoms with Gasteiger partial charge in [-0.1, -0.05) is 29.4 Å². The Labute approximate surface area is 122 Å². The van der Waals surface area contributed by atoms with E-state index in [9.17, 15) is 18.0 Å². The lowest BCUT2D eigenvalue weighted by Crippen LogP contribution is -2.04. The highest BCUT2D eigenvalue weighted by Gasteiger charge is 2.30. The van der Waals surface area contributed by atoms with E-state index in [0.717, 1.165) is 23.9 Å². The summed E-state index contributed by atoms with van der Waals surface area (Å²) in [4.78, 5) is 11.8. The second-order valence-electron chi connectivity index (χ2n) is 3.93. The first-order valence-electron chi connectivity index (χ1n) is 5.50. The van der Waals surface area contributed by atoms with Gasteiger partial charge in [-0.25, -0.2) is 0 Å². The molecular weight excluding hydrogens is 309 g/mol. The predicted molar refractivity (Wildman–Crippen MR) is 72.4 cm³/mol. The van der Waals surface area contributed by atoms with E-state index in [1.807, 2.05) is 0 Å².